The Bertz CT molecular complexity index is 679. The molecule has 1 amide bonds. The number of anilines is 1. The van der Waals surface area contributed by atoms with E-state index in [2.05, 4.69) is 21.2 Å². The fourth-order valence-electron chi connectivity index (χ4n) is 1.65. The van der Waals surface area contributed by atoms with Crippen molar-refractivity contribution in [3.05, 3.63) is 49.9 Å². The van der Waals surface area contributed by atoms with Crippen LogP contribution in [0.2, 0.25) is 0 Å². The monoisotopic (exact) mass is 357 g/mol. The number of nitrogens with one attached hydrogen (secondary N) is 1. The molecule has 0 fully saturated rings. The molecule has 0 aliphatic carbocycles. The SMILES string of the molecule is Cc1csc(C(=O)O)c1NC(=O)c1c(F)cccc1Br. The van der Waals surface area contributed by atoms with Crippen LogP contribution >= 0.6 is 27.3 Å². The summed E-state index contributed by atoms with van der Waals surface area (Å²) < 4.78 is 14.0. The topological polar surface area (TPSA) is 66.4 Å². The second-order valence-electron chi connectivity index (χ2n) is 3.98. The summed E-state index contributed by atoms with van der Waals surface area (Å²) in [5.41, 5.74) is 0.658. The highest BCUT2D eigenvalue weighted by atomic mass is 79.9. The average molecular weight is 358 g/mol. The minimum Gasteiger partial charge on any atom is -0.477 e. The summed E-state index contributed by atoms with van der Waals surface area (Å²) in [5, 5.41) is 13.1. The zero-order valence-corrected chi connectivity index (χ0v) is 12.6. The number of carboxylic acid groups (broad SMARTS) is 1. The largest absolute Gasteiger partial charge is 0.477 e. The van der Waals surface area contributed by atoms with E-state index >= 15 is 0 Å². The molecule has 7 heteroatoms. The van der Waals surface area contributed by atoms with E-state index in [1.165, 1.54) is 12.1 Å². The van der Waals surface area contributed by atoms with E-state index < -0.39 is 17.7 Å². The molecule has 0 saturated heterocycles. The lowest BCUT2D eigenvalue weighted by molar-refractivity contribution is 0.0703. The molecule has 0 radical (unpaired) electrons. The Kier molecular flexibility index (Phi) is 4.20. The Balaban J connectivity index is 2.38. The maximum absolute atomic E-state index is 13.7. The molecule has 104 valence electrons. The Morgan fingerprint density at radius 1 is 1.40 bits per heavy atom. The van der Waals surface area contributed by atoms with Crippen LogP contribution in [0.1, 0.15) is 25.6 Å². The number of benzene rings is 1. The summed E-state index contributed by atoms with van der Waals surface area (Å²) in [6.45, 7) is 1.68. The van der Waals surface area contributed by atoms with Gasteiger partial charge in [0.2, 0.25) is 0 Å². The molecule has 2 aromatic rings. The first-order chi connectivity index (χ1) is 9.41. The molecular weight excluding hydrogens is 349 g/mol. The summed E-state index contributed by atoms with van der Waals surface area (Å²) in [6.07, 6.45) is 0. The number of thiophene rings is 1. The number of hydrogen-bond acceptors (Lipinski definition) is 3. The second-order valence-corrected chi connectivity index (χ2v) is 5.71. The first-order valence-electron chi connectivity index (χ1n) is 5.48. The molecule has 1 aromatic heterocycles. The van der Waals surface area contributed by atoms with Crippen LogP contribution in [0, 0.1) is 12.7 Å². The molecule has 1 heterocycles. The van der Waals surface area contributed by atoms with Crippen molar-refractivity contribution < 1.29 is 19.1 Å². The van der Waals surface area contributed by atoms with Crippen molar-refractivity contribution in [3.8, 4) is 0 Å². The van der Waals surface area contributed by atoms with Gasteiger partial charge in [-0.2, -0.15) is 0 Å². The number of halogens is 2. The highest BCUT2D eigenvalue weighted by Crippen LogP contribution is 2.29. The van der Waals surface area contributed by atoms with Crippen LogP contribution in [0.15, 0.2) is 28.1 Å². The maximum Gasteiger partial charge on any atom is 0.348 e. The predicted molar refractivity (Wildman–Crippen MR) is 78.1 cm³/mol. The van der Waals surface area contributed by atoms with Gasteiger partial charge < -0.3 is 10.4 Å². The van der Waals surface area contributed by atoms with Crippen molar-refractivity contribution in [1.82, 2.24) is 0 Å². The zero-order chi connectivity index (χ0) is 14.9. The molecule has 0 saturated carbocycles. The Hall–Kier alpha value is -1.73. The maximum atomic E-state index is 13.7. The van der Waals surface area contributed by atoms with E-state index in [1.54, 1.807) is 12.3 Å². The third kappa shape index (κ3) is 2.73. The van der Waals surface area contributed by atoms with Crippen LogP contribution in [-0.4, -0.2) is 17.0 Å². The van der Waals surface area contributed by atoms with Crippen LogP contribution in [0.3, 0.4) is 0 Å². The first kappa shape index (κ1) is 14.7. The highest BCUT2D eigenvalue weighted by Gasteiger charge is 2.21. The lowest BCUT2D eigenvalue weighted by atomic mass is 10.2. The molecule has 4 nitrogen and oxygen atoms in total. The van der Waals surface area contributed by atoms with Crippen LogP contribution in [-0.2, 0) is 0 Å². The van der Waals surface area contributed by atoms with Crippen molar-refractivity contribution >= 4 is 44.8 Å². The van der Waals surface area contributed by atoms with Gasteiger partial charge in [-0.15, -0.1) is 11.3 Å². The average Bonchev–Trinajstić information content (AvgIpc) is 2.71. The molecule has 1 aromatic carbocycles. The number of carbonyl (C=O) groups excluding carboxylic acids is 1. The van der Waals surface area contributed by atoms with Gasteiger partial charge in [0.25, 0.3) is 5.91 Å². The molecule has 0 aliphatic heterocycles. The van der Waals surface area contributed by atoms with Crippen molar-refractivity contribution in [2.24, 2.45) is 0 Å². The van der Waals surface area contributed by atoms with Gasteiger partial charge in [0, 0.05) is 4.47 Å². The van der Waals surface area contributed by atoms with E-state index in [0.717, 1.165) is 17.4 Å². The van der Waals surface area contributed by atoms with Gasteiger partial charge in [-0.05, 0) is 45.9 Å². The fourth-order valence-corrected chi connectivity index (χ4v) is 3.01. The lowest BCUT2D eigenvalue weighted by Gasteiger charge is -2.08. The summed E-state index contributed by atoms with van der Waals surface area (Å²) in [4.78, 5) is 23.2. The molecule has 20 heavy (non-hydrogen) atoms. The Morgan fingerprint density at radius 2 is 2.10 bits per heavy atom. The number of aromatic carboxylic acids is 1. The Labute approximate surface area is 126 Å². The van der Waals surface area contributed by atoms with Crippen LogP contribution in [0.5, 0.6) is 0 Å². The first-order valence-corrected chi connectivity index (χ1v) is 7.15. The van der Waals surface area contributed by atoms with Crippen molar-refractivity contribution in [2.45, 2.75) is 6.92 Å². The van der Waals surface area contributed by atoms with Crippen molar-refractivity contribution in [3.63, 3.8) is 0 Å². The van der Waals surface area contributed by atoms with Crippen molar-refractivity contribution in [2.75, 3.05) is 5.32 Å². The third-order valence-electron chi connectivity index (χ3n) is 2.60. The molecule has 0 unspecified atom stereocenters. The Morgan fingerprint density at radius 3 is 2.70 bits per heavy atom. The van der Waals surface area contributed by atoms with Gasteiger partial charge >= 0.3 is 5.97 Å². The van der Waals surface area contributed by atoms with Gasteiger partial charge in [0.15, 0.2) is 0 Å². The molecule has 0 bridgehead atoms. The van der Waals surface area contributed by atoms with E-state index in [-0.39, 0.29) is 16.1 Å². The number of hydrogen-bond donors (Lipinski definition) is 2. The van der Waals surface area contributed by atoms with Crippen molar-refractivity contribution in [1.29, 1.82) is 0 Å². The summed E-state index contributed by atoms with van der Waals surface area (Å²) >= 11 is 4.11. The smallest absolute Gasteiger partial charge is 0.348 e. The minimum absolute atomic E-state index is 0.0170. The quantitative estimate of drug-likeness (QED) is 0.874. The summed E-state index contributed by atoms with van der Waals surface area (Å²) in [7, 11) is 0. The third-order valence-corrected chi connectivity index (χ3v) is 4.34. The van der Waals surface area contributed by atoms with Gasteiger partial charge in [0.1, 0.15) is 10.7 Å². The fraction of sp³-hybridized carbons (Fsp3) is 0.0769. The minimum atomic E-state index is -1.13. The number of amides is 1. The van der Waals surface area contributed by atoms with Gasteiger partial charge in [-0.1, -0.05) is 6.07 Å². The predicted octanol–water partition coefficient (Wildman–Crippen LogP) is 3.91. The molecule has 0 atom stereocenters. The molecule has 2 N–H and O–H groups in total. The summed E-state index contributed by atoms with van der Waals surface area (Å²) in [5.74, 6) is -2.51. The second kappa shape index (κ2) is 5.72. The lowest BCUT2D eigenvalue weighted by Crippen LogP contribution is -2.16. The zero-order valence-electron chi connectivity index (χ0n) is 10.2. The number of carbonyl (C=O) groups is 2. The van der Waals surface area contributed by atoms with E-state index in [1.807, 2.05) is 0 Å². The highest BCUT2D eigenvalue weighted by molar-refractivity contribution is 9.10. The molecule has 0 spiro atoms. The molecule has 0 aliphatic rings. The number of aryl methyl sites for hydroxylation is 1. The van der Waals surface area contributed by atoms with Crippen LogP contribution in [0.4, 0.5) is 10.1 Å². The van der Waals surface area contributed by atoms with Gasteiger partial charge in [0.05, 0.1) is 11.3 Å². The van der Waals surface area contributed by atoms with E-state index in [4.69, 9.17) is 5.11 Å². The number of rotatable bonds is 3. The van der Waals surface area contributed by atoms with Crippen LogP contribution in [0.25, 0.3) is 0 Å². The van der Waals surface area contributed by atoms with Gasteiger partial charge in [-0.3, -0.25) is 4.79 Å². The van der Waals surface area contributed by atoms with Crippen LogP contribution < -0.4 is 5.32 Å². The molecular formula is C13H9BrFNO3S. The standard InChI is InChI=1S/C13H9BrFNO3S/c1-6-5-20-11(13(18)19)10(6)16-12(17)9-7(14)3-2-4-8(9)15/h2-5H,1H3,(H,16,17)(H,18,19). The number of carboxylic acids is 1. The molecule has 2 rings (SSSR count). The van der Waals surface area contributed by atoms with E-state index in [0.29, 0.717) is 10.0 Å². The van der Waals surface area contributed by atoms with Gasteiger partial charge in [-0.25, -0.2) is 9.18 Å². The summed E-state index contributed by atoms with van der Waals surface area (Å²) in [6, 6.07) is 4.17. The normalized spacial score (nSPS) is 10.3. The van der Waals surface area contributed by atoms with E-state index in [9.17, 15) is 14.0 Å².